The average molecular weight is 466 g/mol. The van der Waals surface area contributed by atoms with E-state index in [2.05, 4.69) is 10.1 Å². The van der Waals surface area contributed by atoms with E-state index >= 15 is 0 Å². The van der Waals surface area contributed by atoms with Crippen molar-refractivity contribution in [2.24, 2.45) is 0 Å². The first kappa shape index (κ1) is 21.5. The number of nitrogens with zero attached hydrogens (tertiary/aromatic N) is 1. The van der Waals surface area contributed by atoms with Gasteiger partial charge in [-0.15, -0.1) is 24.5 Å². The molecule has 5 nitrogen and oxygen atoms in total. The summed E-state index contributed by atoms with van der Waals surface area (Å²) in [6.45, 7) is 0. The minimum absolute atomic E-state index is 0.0263. The number of hydrogen-bond acceptors (Lipinski definition) is 5. The number of thiophene rings is 1. The lowest BCUT2D eigenvalue weighted by Crippen LogP contribution is -2.33. The summed E-state index contributed by atoms with van der Waals surface area (Å²) >= 11 is 1.13. The van der Waals surface area contributed by atoms with E-state index in [1.54, 1.807) is 17.5 Å². The predicted octanol–water partition coefficient (Wildman–Crippen LogP) is 5.32. The van der Waals surface area contributed by atoms with Gasteiger partial charge in [-0.05, 0) is 35.7 Å². The highest BCUT2D eigenvalue weighted by atomic mass is 32.1. The summed E-state index contributed by atoms with van der Waals surface area (Å²) in [6.07, 6.45) is -4.92. The van der Waals surface area contributed by atoms with Gasteiger partial charge in [0.25, 0.3) is 11.8 Å². The molecule has 0 fully saturated rings. The van der Waals surface area contributed by atoms with Crippen molar-refractivity contribution in [3.8, 4) is 5.75 Å². The third-order valence-electron chi connectivity index (χ3n) is 4.34. The van der Waals surface area contributed by atoms with Crippen LogP contribution in [0.3, 0.4) is 0 Å². The first-order valence-electron chi connectivity index (χ1n) is 8.89. The number of imide groups is 1. The molecule has 164 valence electrons. The Morgan fingerprint density at radius 1 is 0.938 bits per heavy atom. The van der Waals surface area contributed by atoms with Gasteiger partial charge in [-0.25, -0.2) is 13.7 Å². The van der Waals surface area contributed by atoms with Crippen LogP contribution in [0.5, 0.6) is 5.75 Å². The lowest BCUT2D eigenvalue weighted by Gasteiger charge is -2.16. The Morgan fingerprint density at radius 2 is 1.72 bits per heavy atom. The van der Waals surface area contributed by atoms with Crippen molar-refractivity contribution in [3.63, 3.8) is 0 Å². The Hall–Kier alpha value is -3.73. The van der Waals surface area contributed by atoms with Gasteiger partial charge in [0, 0.05) is 22.7 Å². The predicted molar refractivity (Wildman–Crippen MR) is 107 cm³/mol. The molecule has 0 saturated heterocycles. The number of anilines is 2. The lowest BCUT2D eigenvalue weighted by molar-refractivity contribution is -0.274. The van der Waals surface area contributed by atoms with Gasteiger partial charge < -0.3 is 10.1 Å². The summed E-state index contributed by atoms with van der Waals surface area (Å²) < 4.78 is 69.1. The van der Waals surface area contributed by atoms with Crippen molar-refractivity contribution >= 4 is 40.1 Å². The molecule has 32 heavy (non-hydrogen) atoms. The summed E-state index contributed by atoms with van der Waals surface area (Å²) in [6, 6.07) is 10.2. The fourth-order valence-electron chi connectivity index (χ4n) is 3.09. The summed E-state index contributed by atoms with van der Waals surface area (Å²) in [5.74, 6) is -4.38. The molecule has 1 N–H and O–H groups in total. The van der Waals surface area contributed by atoms with Gasteiger partial charge in [-0.1, -0.05) is 12.1 Å². The number of carbonyl (C=O) groups is 2. The molecule has 3 aromatic rings. The molecule has 2 heterocycles. The number of alkyl halides is 3. The summed E-state index contributed by atoms with van der Waals surface area (Å²) in [5.41, 5.74) is -0.805. The molecule has 0 aliphatic carbocycles. The Labute approximate surface area is 181 Å². The van der Waals surface area contributed by atoms with Crippen LogP contribution in [0, 0.1) is 11.6 Å². The van der Waals surface area contributed by atoms with Gasteiger partial charge in [0.2, 0.25) is 0 Å². The van der Waals surface area contributed by atoms with Gasteiger partial charge in [-0.3, -0.25) is 9.59 Å². The van der Waals surface area contributed by atoms with E-state index in [1.165, 1.54) is 12.1 Å². The summed E-state index contributed by atoms with van der Waals surface area (Å²) in [4.78, 5) is 27.1. The van der Waals surface area contributed by atoms with Crippen LogP contribution < -0.4 is 15.0 Å². The Kier molecular flexibility index (Phi) is 5.43. The number of rotatable bonds is 5. The average Bonchev–Trinajstić information content (AvgIpc) is 3.29. The van der Waals surface area contributed by atoms with E-state index in [-0.39, 0.29) is 17.0 Å². The van der Waals surface area contributed by atoms with Gasteiger partial charge >= 0.3 is 6.36 Å². The van der Waals surface area contributed by atoms with E-state index in [4.69, 9.17) is 0 Å². The first-order valence-corrected chi connectivity index (χ1v) is 9.77. The van der Waals surface area contributed by atoms with Crippen LogP contribution >= 0.6 is 11.3 Å². The smallest absolute Gasteiger partial charge is 0.406 e. The number of nitrogens with one attached hydrogen (secondary N) is 1. The highest BCUT2D eigenvalue weighted by Crippen LogP contribution is 2.37. The standard InChI is InChI=1S/C21H11F5N2O3S/c22-11-6-7-15(14(23)9-11)28-19(29)17(16-5-2-8-32-16)18(20(28)30)27-12-3-1-4-13(10-12)31-21(24,25)26/h1-10,27H. The van der Waals surface area contributed by atoms with Crippen LogP contribution in [0.25, 0.3) is 5.57 Å². The summed E-state index contributed by atoms with van der Waals surface area (Å²) in [7, 11) is 0. The second-order valence-electron chi connectivity index (χ2n) is 6.47. The second kappa shape index (κ2) is 8.08. The molecule has 0 spiro atoms. The molecule has 0 unspecified atom stereocenters. The SMILES string of the molecule is O=C1C(Nc2cccc(OC(F)(F)F)c2)=C(c2cccs2)C(=O)N1c1ccc(F)cc1F. The van der Waals surface area contributed by atoms with Crippen molar-refractivity contribution in [1.29, 1.82) is 0 Å². The fraction of sp³-hybridized carbons (Fsp3) is 0.0476. The van der Waals surface area contributed by atoms with E-state index < -0.39 is 41.2 Å². The normalized spacial score (nSPS) is 14.3. The quantitative estimate of drug-likeness (QED) is 0.409. The lowest BCUT2D eigenvalue weighted by atomic mass is 10.2. The van der Waals surface area contributed by atoms with Crippen molar-refractivity contribution in [2.45, 2.75) is 6.36 Å². The molecule has 0 bridgehead atoms. The Morgan fingerprint density at radius 3 is 2.38 bits per heavy atom. The minimum Gasteiger partial charge on any atom is -0.406 e. The Balaban J connectivity index is 1.75. The van der Waals surface area contributed by atoms with E-state index in [9.17, 15) is 31.5 Å². The highest BCUT2D eigenvalue weighted by Gasteiger charge is 2.42. The maximum Gasteiger partial charge on any atom is 0.573 e. The molecule has 2 aromatic carbocycles. The van der Waals surface area contributed by atoms with Crippen LogP contribution in [-0.4, -0.2) is 18.2 Å². The zero-order valence-electron chi connectivity index (χ0n) is 15.7. The topological polar surface area (TPSA) is 58.6 Å². The molecule has 11 heteroatoms. The van der Waals surface area contributed by atoms with Gasteiger partial charge in [0.15, 0.2) is 0 Å². The summed E-state index contributed by atoms with van der Waals surface area (Å²) in [5, 5.41) is 4.30. The molecular weight excluding hydrogens is 455 g/mol. The molecule has 1 aliphatic rings. The van der Waals surface area contributed by atoms with Crippen molar-refractivity contribution in [2.75, 3.05) is 10.2 Å². The number of carbonyl (C=O) groups excluding carboxylic acids is 2. The molecule has 1 aliphatic heterocycles. The number of ether oxygens (including phenoxy) is 1. The van der Waals surface area contributed by atoms with E-state index in [1.807, 2.05) is 0 Å². The third-order valence-corrected chi connectivity index (χ3v) is 5.23. The van der Waals surface area contributed by atoms with Crippen molar-refractivity contribution in [3.05, 3.63) is 82.2 Å². The number of hydrogen-bond donors (Lipinski definition) is 1. The van der Waals surface area contributed by atoms with E-state index in [0.717, 1.165) is 35.6 Å². The zero-order valence-corrected chi connectivity index (χ0v) is 16.6. The largest absolute Gasteiger partial charge is 0.573 e. The Bertz CT molecular complexity index is 1240. The number of benzene rings is 2. The fourth-order valence-corrected chi connectivity index (χ4v) is 3.86. The molecule has 0 saturated carbocycles. The molecule has 0 atom stereocenters. The number of amides is 2. The zero-order chi connectivity index (χ0) is 23.0. The van der Waals surface area contributed by atoms with Gasteiger partial charge in [0.1, 0.15) is 23.1 Å². The number of halogens is 5. The monoisotopic (exact) mass is 466 g/mol. The minimum atomic E-state index is -4.92. The maximum absolute atomic E-state index is 14.3. The molecule has 0 radical (unpaired) electrons. The molecule has 2 amide bonds. The van der Waals surface area contributed by atoms with Crippen LogP contribution in [0.1, 0.15) is 4.88 Å². The van der Waals surface area contributed by atoms with Gasteiger partial charge in [-0.2, -0.15) is 0 Å². The molecule has 1 aromatic heterocycles. The van der Waals surface area contributed by atoms with Gasteiger partial charge in [0.05, 0.1) is 11.3 Å². The van der Waals surface area contributed by atoms with Crippen molar-refractivity contribution in [1.82, 2.24) is 0 Å². The highest BCUT2D eigenvalue weighted by molar-refractivity contribution is 7.11. The third kappa shape index (κ3) is 4.19. The van der Waals surface area contributed by atoms with E-state index in [0.29, 0.717) is 15.8 Å². The molecule has 4 rings (SSSR count). The van der Waals surface area contributed by atoms with Crippen LogP contribution in [0.15, 0.2) is 65.7 Å². The maximum atomic E-state index is 14.3. The van der Waals surface area contributed by atoms with Crippen molar-refractivity contribution < 1.29 is 36.3 Å². The first-order chi connectivity index (χ1) is 15.1. The van der Waals surface area contributed by atoms with Crippen LogP contribution in [-0.2, 0) is 9.59 Å². The van der Waals surface area contributed by atoms with Crippen LogP contribution in [0.2, 0.25) is 0 Å². The second-order valence-corrected chi connectivity index (χ2v) is 7.42. The molecular formula is C21H11F5N2O3S. The van der Waals surface area contributed by atoms with Crippen LogP contribution in [0.4, 0.5) is 33.3 Å².